The second-order valence-electron chi connectivity index (χ2n) is 7.65. The smallest absolute Gasteiger partial charge is 0.407 e. The summed E-state index contributed by atoms with van der Waals surface area (Å²) in [6, 6.07) is 9.28. The highest BCUT2D eigenvalue weighted by Gasteiger charge is 2.49. The highest BCUT2D eigenvalue weighted by molar-refractivity contribution is 14.1. The van der Waals surface area contributed by atoms with Crippen molar-refractivity contribution in [1.29, 1.82) is 0 Å². The Morgan fingerprint density at radius 1 is 0.943 bits per heavy atom. The quantitative estimate of drug-likeness (QED) is 0.131. The fourth-order valence-electron chi connectivity index (χ4n) is 3.21. The lowest BCUT2D eigenvalue weighted by Crippen LogP contribution is -2.60. The van der Waals surface area contributed by atoms with Crippen LogP contribution >= 0.6 is 22.6 Å². The van der Waals surface area contributed by atoms with Crippen molar-refractivity contribution >= 4 is 46.6 Å². The summed E-state index contributed by atoms with van der Waals surface area (Å²) in [7, 11) is 0. The molecule has 5 atom stereocenters. The summed E-state index contributed by atoms with van der Waals surface area (Å²) >= 11 is 2.00. The Morgan fingerprint density at radius 3 is 2.23 bits per heavy atom. The number of benzene rings is 1. The van der Waals surface area contributed by atoms with E-state index in [0.29, 0.717) is 6.42 Å². The molecule has 1 heterocycles. The van der Waals surface area contributed by atoms with Crippen LogP contribution in [0.15, 0.2) is 30.3 Å². The van der Waals surface area contributed by atoms with Crippen molar-refractivity contribution in [3.05, 3.63) is 35.9 Å². The molecule has 0 saturated carbocycles. The zero-order valence-corrected chi connectivity index (χ0v) is 21.9. The molecule has 194 valence electrons. The molecular weight excluding hydrogens is 577 g/mol. The molecule has 1 aromatic carbocycles. The Balaban J connectivity index is 1.90. The largest absolute Gasteiger partial charge is 0.463 e. The molecule has 1 saturated heterocycles. The minimum atomic E-state index is -1.08. The molecule has 1 amide bonds. The first-order valence-electron chi connectivity index (χ1n) is 11.0. The Kier molecular flexibility index (Phi) is 12.2. The fraction of sp³-hybridized carbons (Fsp3) is 0.565. The van der Waals surface area contributed by atoms with Crippen molar-refractivity contribution < 1.29 is 47.6 Å². The van der Waals surface area contributed by atoms with Crippen LogP contribution in [0.5, 0.6) is 0 Å². The monoisotopic (exact) mass is 607 g/mol. The maximum atomic E-state index is 11.9. The van der Waals surface area contributed by atoms with E-state index in [0.717, 1.165) is 5.56 Å². The van der Waals surface area contributed by atoms with Crippen LogP contribution in [-0.4, -0.2) is 72.3 Å². The molecule has 11 nitrogen and oxygen atoms in total. The number of alkyl halides is 1. The molecule has 1 fully saturated rings. The second kappa shape index (κ2) is 14.8. The van der Waals surface area contributed by atoms with E-state index in [9.17, 15) is 19.2 Å². The minimum absolute atomic E-state index is 0.0951. The maximum absolute atomic E-state index is 11.9. The molecular formula is C23H30INO10. The third kappa shape index (κ3) is 10.4. The molecule has 1 aromatic rings. The number of hydrogen-bond donors (Lipinski definition) is 1. The molecule has 0 radical (unpaired) electrons. The Labute approximate surface area is 217 Å². The molecule has 0 aromatic heterocycles. The fourth-order valence-corrected chi connectivity index (χ4v) is 4.14. The predicted octanol–water partition coefficient (Wildman–Crippen LogP) is 2.27. The first kappa shape index (κ1) is 28.8. The number of halogens is 1. The predicted molar refractivity (Wildman–Crippen MR) is 129 cm³/mol. The van der Waals surface area contributed by atoms with Crippen LogP contribution in [0.3, 0.4) is 0 Å². The Hall–Kier alpha value is -2.45. The molecule has 1 N–H and O–H groups in total. The van der Waals surface area contributed by atoms with Crippen molar-refractivity contribution in [3.63, 3.8) is 0 Å². The van der Waals surface area contributed by atoms with Gasteiger partial charge in [-0.2, -0.15) is 0 Å². The molecule has 0 aliphatic carbocycles. The molecule has 35 heavy (non-hydrogen) atoms. The number of ether oxygens (including phenoxy) is 6. The van der Waals surface area contributed by atoms with Gasteiger partial charge >= 0.3 is 24.0 Å². The summed E-state index contributed by atoms with van der Waals surface area (Å²) < 4.78 is 32.2. The third-order valence-corrected chi connectivity index (χ3v) is 6.22. The van der Waals surface area contributed by atoms with Gasteiger partial charge < -0.3 is 33.7 Å². The topological polar surface area (TPSA) is 136 Å². The minimum Gasteiger partial charge on any atom is -0.463 e. The van der Waals surface area contributed by atoms with Gasteiger partial charge in [-0.3, -0.25) is 14.4 Å². The van der Waals surface area contributed by atoms with Gasteiger partial charge in [0.05, 0.1) is 10.5 Å². The number of alkyl carbamates (subject to hydrolysis) is 1. The Bertz CT molecular complexity index is 852. The van der Waals surface area contributed by atoms with E-state index < -0.39 is 52.5 Å². The van der Waals surface area contributed by atoms with Gasteiger partial charge in [-0.15, -0.1) is 0 Å². The van der Waals surface area contributed by atoms with Crippen LogP contribution in [0, 0.1) is 0 Å². The standard InChI is InChI=1S/C23H30INO10/c1-14(26)31-13-18-19(24)20(33-15(2)27)21(34-16(3)28)22(35-18)30-11-7-10-25-23(29)32-12-17-8-5-4-6-9-17/h4-6,8-9,18-22H,7,10-13H2,1-3H3,(H,25,29)/t18-,19-,20+,21+,22+/m1/s1. The van der Waals surface area contributed by atoms with Gasteiger partial charge in [0.2, 0.25) is 0 Å². The van der Waals surface area contributed by atoms with Crippen LogP contribution in [0.4, 0.5) is 4.79 Å². The lowest BCUT2D eigenvalue weighted by atomic mass is 10.0. The van der Waals surface area contributed by atoms with Crippen LogP contribution in [0.1, 0.15) is 32.8 Å². The zero-order chi connectivity index (χ0) is 25.8. The van der Waals surface area contributed by atoms with Crippen LogP contribution in [-0.2, 0) is 49.4 Å². The average Bonchev–Trinajstić information content (AvgIpc) is 2.80. The van der Waals surface area contributed by atoms with Gasteiger partial charge in [-0.25, -0.2) is 4.79 Å². The van der Waals surface area contributed by atoms with Crippen molar-refractivity contribution in [2.75, 3.05) is 19.8 Å². The summed E-state index contributed by atoms with van der Waals surface area (Å²) in [4.78, 5) is 46.5. The first-order chi connectivity index (χ1) is 16.7. The number of nitrogens with one attached hydrogen (secondary N) is 1. The van der Waals surface area contributed by atoms with Crippen LogP contribution in [0.25, 0.3) is 0 Å². The molecule has 12 heteroatoms. The van der Waals surface area contributed by atoms with E-state index in [1.165, 1.54) is 20.8 Å². The summed E-state index contributed by atoms with van der Waals surface area (Å²) in [5.41, 5.74) is 0.871. The molecule has 0 spiro atoms. The van der Waals surface area contributed by atoms with Crippen LogP contribution in [0.2, 0.25) is 0 Å². The maximum Gasteiger partial charge on any atom is 0.407 e. The van der Waals surface area contributed by atoms with Crippen LogP contribution < -0.4 is 5.32 Å². The van der Waals surface area contributed by atoms with Crippen molar-refractivity contribution in [3.8, 4) is 0 Å². The highest BCUT2D eigenvalue weighted by Crippen LogP contribution is 2.32. The average molecular weight is 607 g/mol. The normalized spacial score (nSPS) is 23.6. The molecule has 0 unspecified atom stereocenters. The lowest BCUT2D eigenvalue weighted by molar-refractivity contribution is -0.275. The summed E-state index contributed by atoms with van der Waals surface area (Å²) in [5, 5.41) is 2.62. The summed E-state index contributed by atoms with van der Waals surface area (Å²) in [6.45, 7) is 4.17. The van der Waals surface area contributed by atoms with E-state index >= 15 is 0 Å². The number of amides is 1. The van der Waals surface area contributed by atoms with E-state index in [-0.39, 0.29) is 26.4 Å². The van der Waals surface area contributed by atoms with E-state index in [1.54, 1.807) is 0 Å². The molecule has 0 bridgehead atoms. The van der Waals surface area contributed by atoms with Crippen molar-refractivity contribution in [2.45, 2.75) is 62.3 Å². The first-order valence-corrected chi connectivity index (χ1v) is 12.3. The summed E-state index contributed by atoms with van der Waals surface area (Å²) in [6.07, 6.45) is -3.84. The molecule has 1 aliphatic rings. The number of esters is 3. The van der Waals surface area contributed by atoms with E-state index in [1.807, 2.05) is 52.9 Å². The molecule has 1 aliphatic heterocycles. The number of carbonyl (C=O) groups is 4. The zero-order valence-electron chi connectivity index (χ0n) is 19.8. The van der Waals surface area contributed by atoms with Crippen molar-refractivity contribution in [2.24, 2.45) is 0 Å². The second-order valence-corrected chi connectivity index (χ2v) is 9.09. The SMILES string of the molecule is CC(=O)OC[C@H]1O[C@H](OCCCNC(=O)OCc2ccccc2)[C@@H](OC(C)=O)[C@@H](OC(C)=O)[C@@H]1I. The number of carbonyl (C=O) groups excluding carboxylic acids is 4. The highest BCUT2D eigenvalue weighted by atomic mass is 127. The van der Waals surface area contributed by atoms with Gasteiger partial charge in [-0.1, -0.05) is 52.9 Å². The van der Waals surface area contributed by atoms with E-state index in [4.69, 9.17) is 28.4 Å². The van der Waals surface area contributed by atoms with Gasteiger partial charge in [-0.05, 0) is 12.0 Å². The third-order valence-electron chi connectivity index (χ3n) is 4.71. The lowest BCUT2D eigenvalue weighted by Gasteiger charge is -2.42. The van der Waals surface area contributed by atoms with Gasteiger partial charge in [0.1, 0.15) is 19.3 Å². The van der Waals surface area contributed by atoms with E-state index in [2.05, 4.69) is 5.32 Å². The van der Waals surface area contributed by atoms with Gasteiger partial charge in [0.25, 0.3) is 0 Å². The van der Waals surface area contributed by atoms with Crippen molar-refractivity contribution in [1.82, 2.24) is 5.32 Å². The Morgan fingerprint density at radius 2 is 1.60 bits per heavy atom. The summed E-state index contributed by atoms with van der Waals surface area (Å²) in [5.74, 6) is -1.67. The number of hydrogen-bond acceptors (Lipinski definition) is 10. The number of rotatable bonds is 11. The van der Waals surface area contributed by atoms with Gasteiger partial charge in [0.15, 0.2) is 18.5 Å². The molecule has 2 rings (SSSR count). The van der Waals surface area contributed by atoms with Gasteiger partial charge in [0, 0.05) is 27.3 Å².